The van der Waals surface area contributed by atoms with E-state index in [1.165, 1.54) is 6.07 Å². The molecule has 0 aliphatic heterocycles. The van der Waals surface area contributed by atoms with E-state index in [0.717, 1.165) is 11.1 Å². The van der Waals surface area contributed by atoms with E-state index < -0.39 is 5.97 Å². The second-order valence-corrected chi connectivity index (χ2v) is 3.75. The molecule has 1 heterocycles. The fourth-order valence-electron chi connectivity index (χ4n) is 1.32. The van der Waals surface area contributed by atoms with Crippen LogP contribution in [0.15, 0.2) is 28.8 Å². The Labute approximate surface area is 96.4 Å². The second-order valence-electron chi connectivity index (χ2n) is 3.35. The van der Waals surface area contributed by atoms with Gasteiger partial charge < -0.3 is 9.63 Å². The molecular formula is C11H8ClNO3. The number of aromatic carboxylic acids is 1. The molecule has 2 rings (SSSR count). The van der Waals surface area contributed by atoms with E-state index >= 15 is 0 Å². The molecule has 0 fully saturated rings. The molecule has 82 valence electrons. The second kappa shape index (κ2) is 3.98. The Bertz CT molecular complexity index is 548. The van der Waals surface area contributed by atoms with Crippen LogP contribution in [0.3, 0.4) is 0 Å². The fraction of sp³-hybridized carbons (Fsp3) is 0.0909. The smallest absolute Gasteiger partial charge is 0.374 e. The minimum atomic E-state index is -1.13. The summed E-state index contributed by atoms with van der Waals surface area (Å²) in [5.41, 5.74) is 2.16. The maximum Gasteiger partial charge on any atom is 0.374 e. The van der Waals surface area contributed by atoms with Gasteiger partial charge in [-0.2, -0.15) is 0 Å². The number of nitrogens with zero attached hydrogens (tertiary/aromatic N) is 1. The first-order chi connectivity index (χ1) is 7.58. The number of hydrogen-bond acceptors (Lipinski definition) is 3. The average Bonchev–Trinajstić information content (AvgIpc) is 2.71. The standard InChI is InChI=1S/C11H8ClNO3/c1-6-4-7(2-3-8(6)12)9-5-10(11(14)15)16-13-9/h2-5H,1H3,(H,14,15). The van der Waals surface area contributed by atoms with Crippen LogP contribution in [0.5, 0.6) is 0 Å². The predicted octanol–water partition coefficient (Wildman–Crippen LogP) is 3.00. The lowest BCUT2D eigenvalue weighted by atomic mass is 10.1. The van der Waals surface area contributed by atoms with Gasteiger partial charge >= 0.3 is 5.97 Å². The van der Waals surface area contributed by atoms with Crippen LogP contribution in [0.25, 0.3) is 11.3 Å². The number of rotatable bonds is 2. The van der Waals surface area contributed by atoms with Crippen LogP contribution >= 0.6 is 11.6 Å². The molecular weight excluding hydrogens is 230 g/mol. The molecule has 0 spiro atoms. The van der Waals surface area contributed by atoms with Crippen LogP contribution in [0.2, 0.25) is 5.02 Å². The molecule has 0 aliphatic rings. The number of halogens is 1. The zero-order valence-electron chi connectivity index (χ0n) is 8.40. The Kier molecular flexibility index (Phi) is 2.66. The van der Waals surface area contributed by atoms with Gasteiger partial charge in [-0.05, 0) is 24.6 Å². The predicted molar refractivity (Wildman–Crippen MR) is 58.6 cm³/mol. The van der Waals surface area contributed by atoms with Crippen LogP contribution < -0.4 is 0 Å². The zero-order chi connectivity index (χ0) is 11.7. The van der Waals surface area contributed by atoms with Gasteiger partial charge in [-0.25, -0.2) is 4.79 Å². The lowest BCUT2D eigenvalue weighted by Crippen LogP contribution is -1.91. The van der Waals surface area contributed by atoms with Gasteiger partial charge in [0.1, 0.15) is 5.69 Å². The van der Waals surface area contributed by atoms with Gasteiger partial charge in [0.05, 0.1) is 0 Å². The van der Waals surface area contributed by atoms with E-state index in [9.17, 15) is 4.79 Å². The molecule has 1 N–H and O–H groups in total. The number of benzene rings is 1. The van der Waals surface area contributed by atoms with Crippen molar-refractivity contribution in [2.24, 2.45) is 0 Å². The zero-order valence-corrected chi connectivity index (χ0v) is 9.15. The highest BCUT2D eigenvalue weighted by atomic mass is 35.5. The van der Waals surface area contributed by atoms with Gasteiger partial charge in [-0.3, -0.25) is 0 Å². The molecule has 0 unspecified atom stereocenters. The van der Waals surface area contributed by atoms with Gasteiger partial charge in [0.25, 0.3) is 0 Å². The normalized spacial score (nSPS) is 10.4. The van der Waals surface area contributed by atoms with Crippen molar-refractivity contribution in [3.05, 3.63) is 40.6 Å². The van der Waals surface area contributed by atoms with Crippen LogP contribution in [0.1, 0.15) is 16.1 Å². The summed E-state index contributed by atoms with van der Waals surface area (Å²) in [6.07, 6.45) is 0. The first-order valence-electron chi connectivity index (χ1n) is 4.54. The van der Waals surface area contributed by atoms with Crippen molar-refractivity contribution in [3.63, 3.8) is 0 Å². The molecule has 0 bridgehead atoms. The number of aromatic nitrogens is 1. The third-order valence-corrected chi connectivity index (χ3v) is 2.60. The molecule has 0 saturated carbocycles. The SMILES string of the molecule is Cc1cc(-c2cc(C(=O)O)on2)ccc1Cl. The Morgan fingerprint density at radius 1 is 1.44 bits per heavy atom. The molecule has 0 aliphatic carbocycles. The summed E-state index contributed by atoms with van der Waals surface area (Å²) >= 11 is 5.89. The van der Waals surface area contributed by atoms with E-state index in [-0.39, 0.29) is 5.76 Å². The molecule has 16 heavy (non-hydrogen) atoms. The summed E-state index contributed by atoms with van der Waals surface area (Å²) in [6.45, 7) is 1.87. The Morgan fingerprint density at radius 3 is 2.75 bits per heavy atom. The van der Waals surface area contributed by atoms with Crippen molar-refractivity contribution in [1.29, 1.82) is 0 Å². The van der Waals surface area contributed by atoms with E-state index in [0.29, 0.717) is 10.7 Å². The Morgan fingerprint density at radius 2 is 2.19 bits per heavy atom. The van der Waals surface area contributed by atoms with Gasteiger partial charge in [0.15, 0.2) is 0 Å². The van der Waals surface area contributed by atoms with Crippen molar-refractivity contribution < 1.29 is 14.4 Å². The summed E-state index contributed by atoms with van der Waals surface area (Å²) in [6, 6.07) is 6.71. The molecule has 0 atom stereocenters. The maximum atomic E-state index is 10.6. The lowest BCUT2D eigenvalue weighted by Gasteiger charge is -1.99. The highest BCUT2D eigenvalue weighted by molar-refractivity contribution is 6.31. The van der Waals surface area contributed by atoms with Crippen molar-refractivity contribution in [2.75, 3.05) is 0 Å². The van der Waals surface area contributed by atoms with Gasteiger partial charge in [0, 0.05) is 16.7 Å². The van der Waals surface area contributed by atoms with Crippen LogP contribution in [-0.2, 0) is 0 Å². The number of carbonyl (C=O) groups is 1. The molecule has 2 aromatic rings. The van der Waals surface area contributed by atoms with Crippen molar-refractivity contribution in [3.8, 4) is 11.3 Å². The Balaban J connectivity index is 2.42. The summed E-state index contributed by atoms with van der Waals surface area (Å²) < 4.78 is 4.67. The summed E-state index contributed by atoms with van der Waals surface area (Å²) in [4.78, 5) is 10.6. The van der Waals surface area contributed by atoms with Crippen LogP contribution in [0, 0.1) is 6.92 Å². The van der Waals surface area contributed by atoms with Gasteiger partial charge in [0.2, 0.25) is 5.76 Å². The summed E-state index contributed by atoms with van der Waals surface area (Å²) in [7, 11) is 0. The average molecular weight is 238 g/mol. The van der Waals surface area contributed by atoms with Crippen molar-refractivity contribution >= 4 is 17.6 Å². The molecule has 4 nitrogen and oxygen atoms in total. The van der Waals surface area contributed by atoms with Crippen molar-refractivity contribution in [1.82, 2.24) is 5.16 Å². The first kappa shape index (κ1) is 10.7. The number of carboxylic acid groups (broad SMARTS) is 1. The maximum absolute atomic E-state index is 10.6. The largest absolute Gasteiger partial charge is 0.475 e. The lowest BCUT2D eigenvalue weighted by molar-refractivity contribution is 0.0652. The van der Waals surface area contributed by atoms with E-state index in [2.05, 4.69) is 9.68 Å². The van der Waals surface area contributed by atoms with E-state index in [4.69, 9.17) is 16.7 Å². The molecule has 1 aromatic heterocycles. The highest BCUT2D eigenvalue weighted by Gasteiger charge is 2.12. The highest BCUT2D eigenvalue weighted by Crippen LogP contribution is 2.24. The molecule has 1 aromatic carbocycles. The Hall–Kier alpha value is -1.81. The molecule has 0 radical (unpaired) electrons. The fourth-order valence-corrected chi connectivity index (χ4v) is 1.43. The topological polar surface area (TPSA) is 63.3 Å². The molecule has 5 heteroatoms. The molecule has 0 amide bonds. The van der Waals surface area contributed by atoms with Crippen molar-refractivity contribution in [2.45, 2.75) is 6.92 Å². The summed E-state index contributed by atoms with van der Waals surface area (Å²) in [5.74, 6) is -1.31. The first-order valence-corrected chi connectivity index (χ1v) is 4.92. The van der Waals surface area contributed by atoms with Gasteiger partial charge in [-0.15, -0.1) is 0 Å². The quantitative estimate of drug-likeness (QED) is 0.872. The third kappa shape index (κ3) is 1.92. The van der Waals surface area contributed by atoms with E-state index in [1.54, 1.807) is 12.1 Å². The molecule has 0 saturated heterocycles. The van der Waals surface area contributed by atoms with Crippen LogP contribution in [0.4, 0.5) is 0 Å². The van der Waals surface area contributed by atoms with Crippen LogP contribution in [-0.4, -0.2) is 16.2 Å². The monoisotopic (exact) mass is 237 g/mol. The van der Waals surface area contributed by atoms with E-state index in [1.807, 2.05) is 13.0 Å². The number of carboxylic acids is 1. The summed E-state index contributed by atoms with van der Waals surface area (Å²) in [5, 5.41) is 13.0. The third-order valence-electron chi connectivity index (χ3n) is 2.17. The minimum absolute atomic E-state index is 0.178. The van der Waals surface area contributed by atoms with Gasteiger partial charge in [-0.1, -0.05) is 22.8 Å². The number of aryl methyl sites for hydroxylation is 1. The minimum Gasteiger partial charge on any atom is -0.475 e. The number of hydrogen-bond donors (Lipinski definition) is 1.